The van der Waals surface area contributed by atoms with E-state index < -0.39 is 0 Å². The summed E-state index contributed by atoms with van der Waals surface area (Å²) in [5, 5.41) is 11.7. The highest BCUT2D eigenvalue weighted by Gasteiger charge is 2.13. The highest BCUT2D eigenvalue weighted by atomic mass is 35.5. The average molecular weight is 421 g/mol. The van der Waals surface area contributed by atoms with Crippen molar-refractivity contribution in [3.63, 3.8) is 0 Å². The number of halogens is 1. The summed E-state index contributed by atoms with van der Waals surface area (Å²) >= 11 is 5.89. The molecule has 0 saturated carbocycles. The van der Waals surface area contributed by atoms with Crippen LogP contribution in [0.2, 0.25) is 5.02 Å². The van der Waals surface area contributed by atoms with Gasteiger partial charge in [-0.25, -0.2) is 4.98 Å². The number of nitrogens with one attached hydrogen (secondary N) is 1. The van der Waals surface area contributed by atoms with Crippen molar-refractivity contribution in [2.75, 3.05) is 19.4 Å². The molecule has 2 aromatic carbocycles. The van der Waals surface area contributed by atoms with Crippen LogP contribution in [-0.4, -0.2) is 45.1 Å². The zero-order valence-corrected chi connectivity index (χ0v) is 17.0. The van der Waals surface area contributed by atoms with Crippen molar-refractivity contribution in [1.29, 1.82) is 0 Å². The minimum atomic E-state index is -0.0621. The molecule has 2 heterocycles. The third kappa shape index (κ3) is 4.28. The Balaban J connectivity index is 1.54. The quantitative estimate of drug-likeness (QED) is 0.514. The van der Waals surface area contributed by atoms with Gasteiger partial charge < -0.3 is 14.6 Å². The number of amides is 1. The van der Waals surface area contributed by atoms with E-state index in [1.165, 1.54) is 4.90 Å². The maximum absolute atomic E-state index is 12.0. The van der Waals surface area contributed by atoms with Gasteiger partial charge >= 0.3 is 6.01 Å². The number of hydrogen-bond acceptors (Lipinski definition) is 7. The number of nitrogens with zero attached hydrogens (tertiary/aromatic N) is 5. The zero-order valence-electron chi connectivity index (χ0n) is 16.2. The van der Waals surface area contributed by atoms with Crippen molar-refractivity contribution in [2.45, 2.75) is 0 Å². The van der Waals surface area contributed by atoms with E-state index in [-0.39, 0.29) is 17.8 Å². The molecule has 0 aliphatic carbocycles. The van der Waals surface area contributed by atoms with Gasteiger partial charge in [-0.05, 0) is 36.4 Å². The molecule has 0 spiro atoms. The van der Waals surface area contributed by atoms with E-state index in [1.54, 1.807) is 62.9 Å². The second kappa shape index (κ2) is 8.30. The minimum Gasteiger partial charge on any atom is -0.401 e. The van der Waals surface area contributed by atoms with Gasteiger partial charge in [0.25, 0.3) is 11.8 Å². The highest BCUT2D eigenvalue weighted by molar-refractivity contribution is 6.30. The molecule has 0 aliphatic rings. The molecular weight excluding hydrogens is 404 g/mol. The first-order valence-electron chi connectivity index (χ1n) is 9.00. The van der Waals surface area contributed by atoms with Gasteiger partial charge in [-0.1, -0.05) is 28.8 Å². The summed E-state index contributed by atoms with van der Waals surface area (Å²) in [7, 11) is 3.43. The van der Waals surface area contributed by atoms with Crippen molar-refractivity contribution in [3.05, 3.63) is 71.5 Å². The summed E-state index contributed by atoms with van der Waals surface area (Å²) in [6.45, 7) is 0. The van der Waals surface area contributed by atoms with Gasteiger partial charge in [0.15, 0.2) is 0 Å². The summed E-state index contributed by atoms with van der Waals surface area (Å²) in [5.41, 5.74) is 3.25. The van der Waals surface area contributed by atoms with Gasteiger partial charge in [0.1, 0.15) is 5.69 Å². The lowest BCUT2D eigenvalue weighted by Gasteiger charge is -2.10. The molecule has 1 N–H and O–H groups in total. The molecule has 0 atom stereocenters. The molecule has 4 aromatic rings. The smallest absolute Gasteiger partial charge is 0.320 e. The van der Waals surface area contributed by atoms with E-state index in [2.05, 4.69) is 25.5 Å². The lowest BCUT2D eigenvalue weighted by atomic mass is 10.1. The molecular formula is C21H17ClN6O2. The first kappa shape index (κ1) is 19.5. The monoisotopic (exact) mass is 420 g/mol. The number of benzene rings is 2. The molecule has 30 heavy (non-hydrogen) atoms. The molecule has 0 saturated heterocycles. The number of carbonyl (C=O) groups excluding carboxylic acids is 1. The van der Waals surface area contributed by atoms with Crippen LogP contribution in [0.5, 0.6) is 0 Å². The van der Waals surface area contributed by atoms with Gasteiger partial charge in [0, 0.05) is 35.9 Å². The molecule has 0 bridgehead atoms. The molecule has 0 fully saturated rings. The Labute approximate surface area is 177 Å². The van der Waals surface area contributed by atoms with E-state index in [1.807, 2.05) is 12.1 Å². The van der Waals surface area contributed by atoms with Crippen LogP contribution >= 0.6 is 11.6 Å². The van der Waals surface area contributed by atoms with E-state index >= 15 is 0 Å². The van der Waals surface area contributed by atoms with E-state index in [4.69, 9.17) is 16.0 Å². The normalized spacial score (nSPS) is 10.6. The zero-order chi connectivity index (χ0) is 21.1. The third-order valence-electron chi connectivity index (χ3n) is 4.21. The predicted octanol–water partition coefficient (Wildman–Crippen LogP) is 4.29. The van der Waals surface area contributed by atoms with Crippen LogP contribution in [0.25, 0.3) is 22.8 Å². The minimum absolute atomic E-state index is 0.0621. The van der Waals surface area contributed by atoms with Crippen molar-refractivity contribution < 1.29 is 9.21 Å². The third-order valence-corrected chi connectivity index (χ3v) is 4.46. The summed E-state index contributed by atoms with van der Waals surface area (Å²) in [4.78, 5) is 22.3. The summed E-state index contributed by atoms with van der Waals surface area (Å²) in [6, 6.07) is 14.5. The summed E-state index contributed by atoms with van der Waals surface area (Å²) in [6.07, 6.45) is 3.18. The van der Waals surface area contributed by atoms with Crippen LogP contribution in [0, 0.1) is 0 Å². The molecule has 8 nitrogen and oxygen atoms in total. The fourth-order valence-electron chi connectivity index (χ4n) is 2.68. The second-order valence-corrected chi connectivity index (χ2v) is 7.05. The Bertz CT molecular complexity index is 1170. The van der Waals surface area contributed by atoms with Crippen molar-refractivity contribution in [2.24, 2.45) is 0 Å². The van der Waals surface area contributed by atoms with Gasteiger partial charge in [-0.15, -0.1) is 5.10 Å². The number of anilines is 2. The second-order valence-electron chi connectivity index (χ2n) is 6.61. The van der Waals surface area contributed by atoms with Crippen molar-refractivity contribution in [1.82, 2.24) is 25.1 Å². The van der Waals surface area contributed by atoms with Crippen molar-refractivity contribution >= 4 is 29.2 Å². The van der Waals surface area contributed by atoms with E-state index in [0.717, 1.165) is 11.3 Å². The fourth-order valence-corrected chi connectivity index (χ4v) is 2.81. The van der Waals surface area contributed by atoms with E-state index in [0.29, 0.717) is 22.0 Å². The lowest BCUT2D eigenvalue weighted by Crippen LogP contribution is -2.21. The standard InChI is InChI=1S/C21H17ClN6O2/c1-28(2)20(29)14-5-3-13(4-6-14)17-11-23-12-18(25-17)19-26-27-21(30-19)24-16-9-7-15(22)8-10-16/h3-12H,1-2H3,(H,24,27). The Hall–Kier alpha value is -3.78. The Morgan fingerprint density at radius 2 is 1.67 bits per heavy atom. The molecule has 0 unspecified atom stereocenters. The molecule has 9 heteroatoms. The topological polar surface area (TPSA) is 97.0 Å². The first-order valence-corrected chi connectivity index (χ1v) is 9.38. The van der Waals surface area contributed by atoms with Crippen LogP contribution in [-0.2, 0) is 0 Å². The molecule has 4 rings (SSSR count). The number of aromatic nitrogens is 4. The number of rotatable bonds is 5. The fraction of sp³-hybridized carbons (Fsp3) is 0.0952. The Kier molecular flexibility index (Phi) is 5.40. The molecule has 2 aromatic heterocycles. The van der Waals surface area contributed by atoms with Gasteiger partial charge in [0.05, 0.1) is 18.1 Å². The molecule has 150 valence electrons. The maximum atomic E-state index is 12.0. The van der Waals surface area contributed by atoms with Crippen molar-refractivity contribution in [3.8, 4) is 22.8 Å². The van der Waals surface area contributed by atoms with Gasteiger partial charge in [0.2, 0.25) is 0 Å². The van der Waals surface area contributed by atoms with Gasteiger partial charge in [-0.2, -0.15) is 0 Å². The van der Waals surface area contributed by atoms with Crippen LogP contribution in [0.15, 0.2) is 65.3 Å². The molecule has 1 amide bonds. The van der Waals surface area contributed by atoms with Crippen LogP contribution in [0.3, 0.4) is 0 Å². The van der Waals surface area contributed by atoms with Crippen LogP contribution in [0.1, 0.15) is 10.4 Å². The molecule has 0 aliphatic heterocycles. The summed E-state index contributed by atoms with van der Waals surface area (Å²) in [5.74, 6) is 0.174. The summed E-state index contributed by atoms with van der Waals surface area (Å²) < 4.78 is 5.65. The predicted molar refractivity (Wildman–Crippen MR) is 114 cm³/mol. The Morgan fingerprint density at radius 3 is 2.37 bits per heavy atom. The number of hydrogen-bond donors (Lipinski definition) is 1. The van der Waals surface area contributed by atoms with Crippen LogP contribution in [0.4, 0.5) is 11.7 Å². The average Bonchev–Trinajstić information content (AvgIpc) is 3.23. The van der Waals surface area contributed by atoms with E-state index in [9.17, 15) is 4.79 Å². The largest absolute Gasteiger partial charge is 0.401 e. The van der Waals surface area contributed by atoms with Gasteiger partial charge in [-0.3, -0.25) is 9.78 Å². The Morgan fingerprint density at radius 1 is 0.967 bits per heavy atom. The SMILES string of the molecule is CN(C)C(=O)c1ccc(-c2cncc(-c3nnc(Nc4ccc(Cl)cc4)o3)n2)cc1. The molecule has 0 radical (unpaired) electrons. The number of carbonyl (C=O) groups is 1. The first-order chi connectivity index (χ1) is 14.5. The lowest BCUT2D eigenvalue weighted by molar-refractivity contribution is 0.0827. The van der Waals surface area contributed by atoms with Crippen LogP contribution < -0.4 is 5.32 Å². The highest BCUT2D eigenvalue weighted by Crippen LogP contribution is 2.24. The maximum Gasteiger partial charge on any atom is 0.320 e.